The lowest BCUT2D eigenvalue weighted by Gasteiger charge is -2.30. The zero-order valence-electron chi connectivity index (χ0n) is 11.6. The zero-order chi connectivity index (χ0) is 12.6. The normalized spacial score (nSPS) is 31.4. The Kier molecular flexibility index (Phi) is 3.48. The highest BCUT2D eigenvalue weighted by Crippen LogP contribution is 2.52. The molecule has 98 valence electrons. The van der Waals surface area contributed by atoms with E-state index in [1.807, 2.05) is 0 Å². The van der Waals surface area contributed by atoms with Crippen LogP contribution >= 0.6 is 0 Å². The summed E-state index contributed by atoms with van der Waals surface area (Å²) in [4.78, 5) is 14.4. The smallest absolute Gasteiger partial charge is 0.241 e. The minimum Gasteiger partial charge on any atom is -0.325 e. The largest absolute Gasteiger partial charge is 0.325 e. The molecular weight excluding hydrogens is 212 g/mol. The molecule has 0 aromatic carbocycles. The van der Waals surface area contributed by atoms with Gasteiger partial charge < -0.3 is 4.90 Å². The van der Waals surface area contributed by atoms with Gasteiger partial charge in [-0.25, -0.2) is 0 Å². The van der Waals surface area contributed by atoms with Crippen molar-refractivity contribution in [3.63, 3.8) is 0 Å². The Hall–Kier alpha value is -0.570. The van der Waals surface area contributed by atoms with E-state index in [-0.39, 0.29) is 12.2 Å². The highest BCUT2D eigenvalue weighted by atomic mass is 16.2. The van der Waals surface area contributed by atoms with E-state index in [9.17, 15) is 4.79 Å². The van der Waals surface area contributed by atoms with Gasteiger partial charge in [-0.1, -0.05) is 27.7 Å². The molecular formula is C14H26N2O. The number of nitrogens with one attached hydrogen (secondary N) is 1. The molecule has 1 aliphatic heterocycles. The maximum absolute atomic E-state index is 12.3. The third-order valence-electron chi connectivity index (χ3n) is 4.75. The van der Waals surface area contributed by atoms with Crippen molar-refractivity contribution < 1.29 is 4.79 Å². The van der Waals surface area contributed by atoms with E-state index in [0.29, 0.717) is 17.2 Å². The van der Waals surface area contributed by atoms with Gasteiger partial charge in [0.2, 0.25) is 5.91 Å². The van der Waals surface area contributed by atoms with Crippen LogP contribution in [0, 0.1) is 11.3 Å². The molecule has 3 nitrogen and oxygen atoms in total. The molecule has 0 radical (unpaired) electrons. The monoisotopic (exact) mass is 238 g/mol. The van der Waals surface area contributed by atoms with Crippen molar-refractivity contribution in [3.05, 3.63) is 0 Å². The Balaban J connectivity index is 2.06. The fraction of sp³-hybridized carbons (Fsp3) is 0.929. The molecule has 2 unspecified atom stereocenters. The van der Waals surface area contributed by atoms with Crippen molar-refractivity contribution in [1.29, 1.82) is 0 Å². The first-order chi connectivity index (χ1) is 8.04. The lowest BCUT2D eigenvalue weighted by Crippen LogP contribution is -2.41. The van der Waals surface area contributed by atoms with Gasteiger partial charge in [0.05, 0.1) is 12.2 Å². The molecule has 0 aromatic rings. The molecule has 1 saturated carbocycles. The molecule has 0 bridgehead atoms. The van der Waals surface area contributed by atoms with Crippen LogP contribution in [0.15, 0.2) is 0 Å². The first-order valence-electron chi connectivity index (χ1n) is 7.10. The number of hydrogen-bond acceptors (Lipinski definition) is 2. The number of amides is 1. The van der Waals surface area contributed by atoms with Crippen LogP contribution in [-0.2, 0) is 4.79 Å². The summed E-state index contributed by atoms with van der Waals surface area (Å²) in [6.45, 7) is 9.79. The second-order valence-corrected chi connectivity index (χ2v) is 6.03. The average molecular weight is 238 g/mol. The minimum atomic E-state index is 0.0583. The first kappa shape index (κ1) is 12.9. The summed E-state index contributed by atoms with van der Waals surface area (Å²) in [6.07, 6.45) is 4.77. The van der Waals surface area contributed by atoms with Crippen molar-refractivity contribution in [1.82, 2.24) is 10.2 Å². The summed E-state index contributed by atoms with van der Waals surface area (Å²) in [5, 5.41) is 3.46. The van der Waals surface area contributed by atoms with Crippen LogP contribution in [0.4, 0.5) is 0 Å². The van der Waals surface area contributed by atoms with Gasteiger partial charge in [-0.05, 0) is 37.0 Å². The Labute approximate surface area is 105 Å². The Morgan fingerprint density at radius 3 is 2.41 bits per heavy atom. The number of carbonyl (C=O) groups excluding carboxylic acids is 1. The van der Waals surface area contributed by atoms with Gasteiger partial charge in [0, 0.05) is 6.54 Å². The molecule has 2 fully saturated rings. The third kappa shape index (κ3) is 2.22. The molecule has 1 N–H and O–H groups in total. The lowest BCUT2D eigenvalue weighted by atomic mass is 9.91. The minimum absolute atomic E-state index is 0.0583. The number of carbonyl (C=O) groups is 1. The first-order valence-corrected chi connectivity index (χ1v) is 7.10. The van der Waals surface area contributed by atoms with Gasteiger partial charge in [-0.3, -0.25) is 10.1 Å². The van der Waals surface area contributed by atoms with Gasteiger partial charge in [-0.2, -0.15) is 0 Å². The topological polar surface area (TPSA) is 32.3 Å². The van der Waals surface area contributed by atoms with Crippen molar-refractivity contribution in [2.75, 3.05) is 6.54 Å². The van der Waals surface area contributed by atoms with Crippen LogP contribution < -0.4 is 5.32 Å². The average Bonchev–Trinajstić information content (AvgIpc) is 3.02. The SMILES string of the molecule is CCC1NC(CC)N(CC2(C(C)C)CC2)C1=O. The summed E-state index contributed by atoms with van der Waals surface area (Å²) >= 11 is 0. The van der Waals surface area contributed by atoms with E-state index >= 15 is 0 Å². The molecule has 1 aliphatic carbocycles. The molecule has 0 aromatic heterocycles. The Morgan fingerprint density at radius 2 is 2.00 bits per heavy atom. The molecule has 3 heteroatoms. The quantitative estimate of drug-likeness (QED) is 0.797. The van der Waals surface area contributed by atoms with Gasteiger partial charge >= 0.3 is 0 Å². The predicted octanol–water partition coefficient (Wildman–Crippen LogP) is 2.37. The maximum atomic E-state index is 12.3. The van der Waals surface area contributed by atoms with E-state index in [1.165, 1.54) is 12.8 Å². The van der Waals surface area contributed by atoms with Gasteiger partial charge in [0.15, 0.2) is 0 Å². The summed E-state index contributed by atoms with van der Waals surface area (Å²) in [7, 11) is 0. The van der Waals surface area contributed by atoms with Crippen molar-refractivity contribution in [2.24, 2.45) is 11.3 Å². The number of hydrogen-bond donors (Lipinski definition) is 1. The number of rotatable bonds is 5. The molecule has 2 atom stereocenters. The van der Waals surface area contributed by atoms with Gasteiger partial charge in [0.1, 0.15) is 0 Å². The van der Waals surface area contributed by atoms with Crippen LogP contribution in [-0.4, -0.2) is 29.6 Å². The third-order valence-corrected chi connectivity index (χ3v) is 4.75. The van der Waals surface area contributed by atoms with Crippen LogP contribution in [0.3, 0.4) is 0 Å². The second kappa shape index (κ2) is 4.60. The highest BCUT2D eigenvalue weighted by Gasteiger charge is 2.50. The highest BCUT2D eigenvalue weighted by molar-refractivity contribution is 5.84. The summed E-state index contributed by atoms with van der Waals surface area (Å²) in [5.41, 5.74) is 0.424. The van der Waals surface area contributed by atoms with E-state index in [4.69, 9.17) is 0 Å². The number of nitrogens with zero attached hydrogens (tertiary/aromatic N) is 1. The summed E-state index contributed by atoms with van der Waals surface area (Å²) < 4.78 is 0. The molecule has 2 aliphatic rings. The summed E-state index contributed by atoms with van der Waals surface area (Å²) in [6, 6.07) is 0.0583. The van der Waals surface area contributed by atoms with Crippen LogP contribution in [0.2, 0.25) is 0 Å². The van der Waals surface area contributed by atoms with Crippen LogP contribution in [0.1, 0.15) is 53.4 Å². The van der Waals surface area contributed by atoms with E-state index in [1.54, 1.807) is 0 Å². The predicted molar refractivity (Wildman–Crippen MR) is 69.5 cm³/mol. The lowest BCUT2D eigenvalue weighted by molar-refractivity contribution is -0.131. The van der Waals surface area contributed by atoms with Crippen molar-refractivity contribution >= 4 is 5.91 Å². The Bertz CT molecular complexity index is 297. The Morgan fingerprint density at radius 1 is 1.35 bits per heavy atom. The van der Waals surface area contributed by atoms with E-state index < -0.39 is 0 Å². The second-order valence-electron chi connectivity index (χ2n) is 6.03. The summed E-state index contributed by atoms with van der Waals surface area (Å²) in [5.74, 6) is 1.01. The van der Waals surface area contributed by atoms with Gasteiger partial charge in [0.25, 0.3) is 0 Å². The fourth-order valence-electron chi connectivity index (χ4n) is 2.98. The molecule has 1 saturated heterocycles. The van der Waals surface area contributed by atoms with Crippen molar-refractivity contribution in [2.45, 2.75) is 65.6 Å². The van der Waals surface area contributed by atoms with Crippen molar-refractivity contribution in [3.8, 4) is 0 Å². The fourth-order valence-corrected chi connectivity index (χ4v) is 2.98. The van der Waals surface area contributed by atoms with Crippen LogP contribution in [0.5, 0.6) is 0 Å². The standard InChI is InChI=1S/C14H26N2O/c1-5-11-13(17)16(12(6-2)15-11)9-14(7-8-14)10(3)4/h10-12,15H,5-9H2,1-4H3. The van der Waals surface area contributed by atoms with E-state index in [2.05, 4.69) is 37.9 Å². The molecule has 1 amide bonds. The maximum Gasteiger partial charge on any atom is 0.241 e. The molecule has 1 heterocycles. The zero-order valence-corrected chi connectivity index (χ0v) is 11.6. The van der Waals surface area contributed by atoms with Gasteiger partial charge in [-0.15, -0.1) is 0 Å². The van der Waals surface area contributed by atoms with E-state index in [0.717, 1.165) is 19.4 Å². The molecule has 2 rings (SSSR count). The molecule has 0 spiro atoms. The molecule has 17 heavy (non-hydrogen) atoms. The van der Waals surface area contributed by atoms with Crippen LogP contribution in [0.25, 0.3) is 0 Å².